The van der Waals surface area contributed by atoms with Crippen molar-refractivity contribution in [2.45, 2.75) is 32.2 Å². The van der Waals surface area contributed by atoms with Gasteiger partial charge in [0.2, 0.25) is 17.7 Å². The van der Waals surface area contributed by atoms with Gasteiger partial charge in [-0.25, -0.2) is 0 Å². The van der Waals surface area contributed by atoms with E-state index in [1.807, 2.05) is 61.5 Å². The van der Waals surface area contributed by atoms with Crippen molar-refractivity contribution < 1.29 is 14.4 Å². The van der Waals surface area contributed by atoms with Crippen LogP contribution in [0.25, 0.3) is 0 Å². The Morgan fingerprint density at radius 1 is 0.935 bits per heavy atom. The van der Waals surface area contributed by atoms with E-state index >= 15 is 0 Å². The molecular formula is C26H26N2O3. The van der Waals surface area contributed by atoms with E-state index in [-0.39, 0.29) is 41.4 Å². The number of nitrogens with one attached hydrogen (secondary N) is 1. The van der Waals surface area contributed by atoms with E-state index in [1.165, 1.54) is 4.90 Å². The van der Waals surface area contributed by atoms with Gasteiger partial charge < -0.3 is 5.32 Å². The third kappa shape index (κ3) is 3.38. The molecule has 1 heterocycles. The van der Waals surface area contributed by atoms with Crippen LogP contribution < -0.4 is 5.32 Å². The standard InChI is InChI=1S/C26H26N2O3/c1-16-7-5-6-10-20(16)27-24(29)21(15-17-8-3-2-4-9-17)28-25(30)22-18-11-12-19(14-13-18)23(22)26(28)31/h2-12,18-19,21-23H,13-15H2,1H3,(H,27,29). The van der Waals surface area contributed by atoms with Gasteiger partial charge >= 0.3 is 0 Å². The van der Waals surface area contributed by atoms with E-state index in [0.29, 0.717) is 12.1 Å². The van der Waals surface area contributed by atoms with E-state index in [4.69, 9.17) is 0 Å². The average Bonchev–Trinajstić information content (AvgIpc) is 3.07. The first kappa shape index (κ1) is 19.7. The molecule has 158 valence electrons. The van der Waals surface area contributed by atoms with Gasteiger partial charge in [0.05, 0.1) is 11.8 Å². The number of amides is 3. The summed E-state index contributed by atoms with van der Waals surface area (Å²) in [4.78, 5) is 41.7. The number of fused-ring (bicyclic) bond motifs is 1. The Kier molecular flexibility index (Phi) is 4.97. The van der Waals surface area contributed by atoms with Gasteiger partial charge in [-0.1, -0.05) is 60.7 Å². The molecule has 6 rings (SSSR count). The molecule has 0 aromatic heterocycles. The number of imide groups is 1. The van der Waals surface area contributed by atoms with Crippen LogP contribution in [-0.2, 0) is 20.8 Å². The zero-order valence-electron chi connectivity index (χ0n) is 17.5. The van der Waals surface area contributed by atoms with E-state index < -0.39 is 6.04 Å². The molecule has 31 heavy (non-hydrogen) atoms. The highest BCUT2D eigenvalue weighted by molar-refractivity contribution is 6.10. The topological polar surface area (TPSA) is 66.5 Å². The second-order valence-electron chi connectivity index (χ2n) is 8.90. The molecule has 1 saturated heterocycles. The summed E-state index contributed by atoms with van der Waals surface area (Å²) in [5.74, 6) is -1.12. The van der Waals surface area contributed by atoms with Gasteiger partial charge in [-0.05, 0) is 48.8 Å². The van der Waals surface area contributed by atoms with Gasteiger partial charge in [0.1, 0.15) is 6.04 Å². The molecule has 3 aliphatic carbocycles. The average molecular weight is 415 g/mol. The predicted octanol–water partition coefficient (Wildman–Crippen LogP) is 3.74. The molecule has 0 radical (unpaired) electrons. The molecule has 1 N–H and O–H groups in total. The van der Waals surface area contributed by atoms with Crippen molar-refractivity contribution in [3.63, 3.8) is 0 Å². The number of aryl methyl sites for hydroxylation is 1. The molecule has 4 aliphatic rings. The van der Waals surface area contributed by atoms with Gasteiger partial charge in [-0.3, -0.25) is 19.3 Å². The van der Waals surface area contributed by atoms with Crippen molar-refractivity contribution in [1.29, 1.82) is 0 Å². The van der Waals surface area contributed by atoms with Crippen molar-refractivity contribution in [2.75, 3.05) is 5.32 Å². The highest BCUT2D eigenvalue weighted by Crippen LogP contribution is 2.50. The number of hydrogen-bond donors (Lipinski definition) is 1. The fourth-order valence-electron chi connectivity index (χ4n) is 5.47. The summed E-state index contributed by atoms with van der Waals surface area (Å²) >= 11 is 0. The van der Waals surface area contributed by atoms with E-state index in [0.717, 1.165) is 24.0 Å². The smallest absolute Gasteiger partial charge is 0.248 e. The summed E-state index contributed by atoms with van der Waals surface area (Å²) < 4.78 is 0. The summed E-state index contributed by atoms with van der Waals surface area (Å²) in [5.41, 5.74) is 2.55. The number of nitrogens with zero attached hydrogens (tertiary/aromatic N) is 1. The third-order valence-electron chi connectivity index (χ3n) is 7.08. The Morgan fingerprint density at radius 2 is 1.52 bits per heavy atom. The van der Waals surface area contributed by atoms with Crippen LogP contribution in [0.1, 0.15) is 24.0 Å². The predicted molar refractivity (Wildman–Crippen MR) is 118 cm³/mol. The largest absolute Gasteiger partial charge is 0.324 e. The van der Waals surface area contributed by atoms with Gasteiger partial charge in [-0.2, -0.15) is 0 Å². The summed E-state index contributed by atoms with van der Waals surface area (Å²) in [6.07, 6.45) is 6.38. The minimum absolute atomic E-state index is 0.105. The molecule has 5 nitrogen and oxygen atoms in total. The Morgan fingerprint density at radius 3 is 2.10 bits per heavy atom. The van der Waals surface area contributed by atoms with Crippen molar-refractivity contribution in [3.05, 3.63) is 77.9 Å². The summed E-state index contributed by atoms with van der Waals surface area (Å²) in [6, 6.07) is 16.2. The minimum atomic E-state index is -0.869. The normalized spacial score (nSPS) is 27.3. The van der Waals surface area contributed by atoms with Gasteiger partial charge in [0.25, 0.3) is 0 Å². The number of benzene rings is 2. The molecule has 5 unspecified atom stereocenters. The molecular weight excluding hydrogens is 388 g/mol. The number of likely N-dealkylation sites (tertiary alicyclic amines) is 1. The van der Waals surface area contributed by atoms with Crippen molar-refractivity contribution in [3.8, 4) is 0 Å². The van der Waals surface area contributed by atoms with Gasteiger partial charge in [0.15, 0.2) is 0 Å². The van der Waals surface area contributed by atoms with Crippen LogP contribution in [0.15, 0.2) is 66.7 Å². The lowest BCUT2D eigenvalue weighted by Gasteiger charge is -2.38. The summed E-state index contributed by atoms with van der Waals surface area (Å²) in [6.45, 7) is 1.92. The molecule has 2 fully saturated rings. The molecule has 1 saturated carbocycles. The lowest BCUT2D eigenvalue weighted by Crippen LogP contribution is -2.49. The number of allylic oxidation sites excluding steroid dienone is 2. The zero-order chi connectivity index (χ0) is 21.5. The highest BCUT2D eigenvalue weighted by Gasteiger charge is 2.58. The van der Waals surface area contributed by atoms with Crippen molar-refractivity contribution in [2.24, 2.45) is 23.7 Å². The van der Waals surface area contributed by atoms with Crippen LogP contribution in [0.3, 0.4) is 0 Å². The van der Waals surface area contributed by atoms with E-state index in [9.17, 15) is 14.4 Å². The van der Waals surface area contributed by atoms with Gasteiger partial charge in [0, 0.05) is 12.1 Å². The molecule has 2 aromatic rings. The Bertz CT molecular complexity index is 1030. The van der Waals surface area contributed by atoms with Crippen LogP contribution in [0.4, 0.5) is 5.69 Å². The van der Waals surface area contributed by atoms with E-state index in [1.54, 1.807) is 0 Å². The minimum Gasteiger partial charge on any atom is -0.324 e. The first-order valence-corrected chi connectivity index (χ1v) is 11.0. The number of anilines is 1. The molecule has 0 spiro atoms. The van der Waals surface area contributed by atoms with Crippen LogP contribution in [0.5, 0.6) is 0 Å². The molecule has 5 atom stereocenters. The van der Waals surface area contributed by atoms with Gasteiger partial charge in [-0.15, -0.1) is 0 Å². The maximum Gasteiger partial charge on any atom is 0.248 e. The zero-order valence-corrected chi connectivity index (χ0v) is 17.5. The number of hydrogen-bond acceptors (Lipinski definition) is 3. The SMILES string of the molecule is Cc1ccccc1NC(=O)C(Cc1ccccc1)N1C(=O)C2C3C=CC(CC3)C2C1=O. The highest BCUT2D eigenvalue weighted by atomic mass is 16.2. The number of rotatable bonds is 5. The van der Waals surface area contributed by atoms with Crippen LogP contribution in [0, 0.1) is 30.6 Å². The quantitative estimate of drug-likeness (QED) is 0.599. The summed E-state index contributed by atoms with van der Waals surface area (Å²) in [7, 11) is 0. The third-order valence-corrected chi connectivity index (χ3v) is 7.08. The second kappa shape index (κ2) is 7.80. The number of carbonyl (C=O) groups is 3. The molecule has 5 heteroatoms. The molecule has 2 aromatic carbocycles. The lowest BCUT2D eigenvalue weighted by molar-refractivity contribution is -0.146. The number of carbonyl (C=O) groups excluding carboxylic acids is 3. The Balaban J connectivity index is 1.48. The monoisotopic (exact) mass is 414 g/mol. The first-order chi connectivity index (χ1) is 15.0. The van der Waals surface area contributed by atoms with E-state index in [2.05, 4.69) is 17.5 Å². The summed E-state index contributed by atoms with van der Waals surface area (Å²) in [5, 5.41) is 2.97. The second-order valence-corrected chi connectivity index (χ2v) is 8.90. The van der Waals surface area contributed by atoms with Crippen LogP contribution in [0.2, 0.25) is 0 Å². The molecule has 2 bridgehead atoms. The fourth-order valence-corrected chi connectivity index (χ4v) is 5.47. The first-order valence-electron chi connectivity index (χ1n) is 11.0. The van der Waals surface area contributed by atoms with Crippen molar-refractivity contribution in [1.82, 2.24) is 4.90 Å². The Hall–Kier alpha value is -3.21. The molecule has 3 amide bonds. The lowest BCUT2D eigenvalue weighted by atomic mass is 9.63. The molecule has 1 aliphatic heterocycles. The van der Waals surface area contributed by atoms with Crippen molar-refractivity contribution >= 4 is 23.4 Å². The number of para-hydroxylation sites is 1. The van der Waals surface area contributed by atoms with Crippen LogP contribution in [-0.4, -0.2) is 28.7 Å². The van der Waals surface area contributed by atoms with Crippen LogP contribution >= 0.6 is 0 Å². The maximum absolute atomic E-state index is 13.5. The maximum atomic E-state index is 13.5. The fraction of sp³-hybridized carbons (Fsp3) is 0.346. The Labute approximate surface area is 182 Å².